The highest BCUT2D eigenvalue weighted by atomic mass is 19.1. The van der Waals surface area contributed by atoms with Crippen molar-refractivity contribution in [1.82, 2.24) is 10.2 Å². The Labute approximate surface area is 180 Å². The first-order valence-electron chi connectivity index (χ1n) is 10.3. The Balaban J connectivity index is 1.63. The van der Waals surface area contributed by atoms with Crippen LogP contribution in [0.4, 0.5) is 14.9 Å². The van der Waals surface area contributed by atoms with Gasteiger partial charge in [-0.1, -0.05) is 18.2 Å². The quantitative estimate of drug-likeness (QED) is 0.772. The molecule has 1 amide bonds. The summed E-state index contributed by atoms with van der Waals surface area (Å²) in [5, 5.41) is 13.2. The predicted molar refractivity (Wildman–Crippen MR) is 117 cm³/mol. The number of amides is 1. The minimum absolute atomic E-state index is 0.0998. The molecule has 0 bridgehead atoms. The number of nitrogens with zero attached hydrogens (tertiary/aromatic N) is 3. The standard InChI is InChI=1S/C23H25FN4O3/c1-31-23(30)25-13-15-9-10-28(14-15)21-12-16-11-17(24)7-8-19(16)26-22(27-21)18-5-3-2-4-6-20(18)29/h2,4-8,11,15,29H,3,9-10,12-14H2,1H3,(H,25,30). The van der Waals surface area contributed by atoms with Gasteiger partial charge in [0.25, 0.3) is 0 Å². The van der Waals surface area contributed by atoms with Gasteiger partial charge in [0.05, 0.1) is 18.4 Å². The second-order valence-electron chi connectivity index (χ2n) is 7.72. The van der Waals surface area contributed by atoms with Crippen LogP contribution in [0.2, 0.25) is 0 Å². The lowest BCUT2D eigenvalue weighted by Crippen LogP contribution is -2.34. The van der Waals surface area contributed by atoms with Gasteiger partial charge < -0.3 is 20.1 Å². The summed E-state index contributed by atoms with van der Waals surface area (Å²) < 4.78 is 18.6. The molecule has 0 radical (unpaired) electrons. The summed E-state index contributed by atoms with van der Waals surface area (Å²) in [5.74, 6) is 1.22. The third kappa shape index (κ3) is 4.84. The number of fused-ring (bicyclic) bond motifs is 1. The van der Waals surface area contributed by atoms with Gasteiger partial charge in [-0.15, -0.1) is 0 Å². The van der Waals surface area contributed by atoms with Crippen LogP contribution in [0, 0.1) is 11.7 Å². The number of amidine groups is 2. The second-order valence-corrected chi connectivity index (χ2v) is 7.72. The van der Waals surface area contributed by atoms with E-state index in [0.717, 1.165) is 24.4 Å². The Morgan fingerprint density at radius 2 is 2.26 bits per heavy atom. The maximum atomic E-state index is 13.9. The van der Waals surface area contributed by atoms with Crippen LogP contribution in [0.5, 0.6) is 0 Å². The Hall–Kier alpha value is -3.42. The zero-order valence-electron chi connectivity index (χ0n) is 17.3. The minimum Gasteiger partial charge on any atom is -0.507 e. The fourth-order valence-electron chi connectivity index (χ4n) is 3.94. The van der Waals surface area contributed by atoms with Gasteiger partial charge in [0.1, 0.15) is 17.4 Å². The zero-order chi connectivity index (χ0) is 21.8. The van der Waals surface area contributed by atoms with E-state index in [-0.39, 0.29) is 17.5 Å². The number of rotatable bonds is 3. The number of halogens is 1. The SMILES string of the molecule is COC(=O)NCC1CCN(C2=NC(C3=CCC=CC=C3O)=Nc3ccc(F)cc3C2)C1. The lowest BCUT2D eigenvalue weighted by atomic mass is 10.1. The number of nitrogens with one attached hydrogen (secondary N) is 1. The van der Waals surface area contributed by atoms with Gasteiger partial charge in [0, 0.05) is 26.1 Å². The molecule has 1 unspecified atom stereocenters. The van der Waals surface area contributed by atoms with Crippen LogP contribution in [-0.4, -0.2) is 54.5 Å². The number of ether oxygens (including phenoxy) is 1. The summed E-state index contributed by atoms with van der Waals surface area (Å²) >= 11 is 0. The molecule has 2 N–H and O–H groups in total. The lowest BCUT2D eigenvalue weighted by Gasteiger charge is -2.21. The number of allylic oxidation sites excluding steroid dienone is 4. The van der Waals surface area contributed by atoms with Crippen molar-refractivity contribution in [3.8, 4) is 0 Å². The first kappa shape index (κ1) is 20.8. The van der Waals surface area contributed by atoms with Crippen molar-refractivity contribution < 1.29 is 19.0 Å². The maximum absolute atomic E-state index is 13.9. The third-order valence-electron chi connectivity index (χ3n) is 5.59. The molecule has 0 aromatic heterocycles. The molecule has 1 atom stereocenters. The van der Waals surface area contributed by atoms with Gasteiger partial charge in [0.15, 0.2) is 5.84 Å². The van der Waals surface area contributed by atoms with Crippen molar-refractivity contribution >= 4 is 23.5 Å². The molecule has 2 heterocycles. The summed E-state index contributed by atoms with van der Waals surface area (Å²) in [5.41, 5.74) is 1.95. The van der Waals surface area contributed by atoms with Gasteiger partial charge in [-0.25, -0.2) is 19.2 Å². The topological polar surface area (TPSA) is 86.5 Å². The highest BCUT2D eigenvalue weighted by Crippen LogP contribution is 2.29. The lowest BCUT2D eigenvalue weighted by molar-refractivity contribution is 0.169. The highest BCUT2D eigenvalue weighted by molar-refractivity contribution is 6.11. The van der Waals surface area contributed by atoms with Gasteiger partial charge in [0.2, 0.25) is 0 Å². The molecule has 31 heavy (non-hydrogen) atoms. The smallest absolute Gasteiger partial charge is 0.406 e. The molecular weight excluding hydrogens is 399 g/mol. The summed E-state index contributed by atoms with van der Waals surface area (Å²) in [6.07, 6.45) is 8.78. The molecule has 1 saturated heterocycles. The van der Waals surface area contributed by atoms with Crippen LogP contribution in [0.1, 0.15) is 18.4 Å². The van der Waals surface area contributed by atoms with Crippen LogP contribution >= 0.6 is 0 Å². The molecule has 1 aromatic rings. The number of carbonyl (C=O) groups is 1. The normalized spacial score (nSPS) is 20.6. The Morgan fingerprint density at radius 3 is 3.10 bits per heavy atom. The van der Waals surface area contributed by atoms with E-state index >= 15 is 0 Å². The number of carbonyl (C=O) groups excluding carboxylic acids is 1. The second kappa shape index (κ2) is 9.16. The molecule has 8 heteroatoms. The molecule has 0 spiro atoms. The third-order valence-corrected chi connectivity index (χ3v) is 5.59. The number of alkyl carbamates (subject to hydrolysis) is 1. The Bertz CT molecular complexity index is 1030. The summed E-state index contributed by atoms with van der Waals surface area (Å²) in [4.78, 5) is 23.0. The van der Waals surface area contributed by atoms with E-state index in [4.69, 9.17) is 4.99 Å². The fraction of sp³-hybridized carbons (Fsp3) is 0.348. The van der Waals surface area contributed by atoms with Crippen LogP contribution < -0.4 is 5.32 Å². The Kier molecular flexibility index (Phi) is 6.16. The maximum Gasteiger partial charge on any atom is 0.406 e. The van der Waals surface area contributed by atoms with Crippen molar-refractivity contribution in [2.45, 2.75) is 19.3 Å². The number of hydrogen-bond donors (Lipinski definition) is 2. The van der Waals surface area contributed by atoms with Crippen molar-refractivity contribution in [2.75, 3.05) is 26.7 Å². The van der Waals surface area contributed by atoms with Gasteiger partial charge in [-0.3, -0.25) is 0 Å². The average molecular weight is 424 g/mol. The van der Waals surface area contributed by atoms with Gasteiger partial charge in [-0.05, 0) is 48.6 Å². The van der Waals surface area contributed by atoms with E-state index in [1.807, 2.05) is 12.2 Å². The molecule has 4 rings (SSSR count). The van der Waals surface area contributed by atoms with Gasteiger partial charge >= 0.3 is 6.09 Å². The molecule has 3 aliphatic rings. The number of aliphatic hydroxyl groups is 1. The van der Waals surface area contributed by atoms with Crippen LogP contribution in [0.15, 0.2) is 63.8 Å². The monoisotopic (exact) mass is 424 g/mol. The number of aliphatic hydroxyl groups excluding tert-OH is 1. The van der Waals surface area contributed by atoms with Crippen LogP contribution in [-0.2, 0) is 11.2 Å². The highest BCUT2D eigenvalue weighted by Gasteiger charge is 2.28. The van der Waals surface area contributed by atoms with Crippen molar-refractivity contribution in [1.29, 1.82) is 0 Å². The molecule has 7 nitrogen and oxygen atoms in total. The number of benzene rings is 1. The number of likely N-dealkylation sites (tertiary alicyclic amines) is 1. The summed E-state index contributed by atoms with van der Waals surface area (Å²) in [6.45, 7) is 2.00. The molecule has 1 fully saturated rings. The van der Waals surface area contributed by atoms with E-state index in [9.17, 15) is 14.3 Å². The largest absolute Gasteiger partial charge is 0.507 e. The van der Waals surface area contributed by atoms with E-state index in [1.165, 1.54) is 19.2 Å². The van der Waals surface area contributed by atoms with E-state index < -0.39 is 6.09 Å². The first-order valence-corrected chi connectivity index (χ1v) is 10.3. The summed E-state index contributed by atoms with van der Waals surface area (Å²) in [6, 6.07) is 4.52. The molecule has 0 saturated carbocycles. The first-order chi connectivity index (χ1) is 15.0. The Morgan fingerprint density at radius 1 is 1.39 bits per heavy atom. The van der Waals surface area contributed by atoms with Crippen molar-refractivity contribution in [3.63, 3.8) is 0 Å². The number of hydrogen-bond acceptors (Lipinski definition) is 6. The molecule has 1 aromatic carbocycles. The molecule has 2 aliphatic heterocycles. The predicted octanol–water partition coefficient (Wildman–Crippen LogP) is 3.82. The average Bonchev–Trinajstić information content (AvgIpc) is 3.02. The van der Waals surface area contributed by atoms with E-state index in [0.29, 0.717) is 43.0 Å². The van der Waals surface area contributed by atoms with Crippen molar-refractivity contribution in [3.05, 3.63) is 65.2 Å². The number of aliphatic imine (C=N–C) groups is 2. The minimum atomic E-state index is -0.444. The summed E-state index contributed by atoms with van der Waals surface area (Å²) in [7, 11) is 1.34. The number of methoxy groups -OCH3 is 1. The van der Waals surface area contributed by atoms with Crippen LogP contribution in [0.25, 0.3) is 0 Å². The molecule has 162 valence electrons. The fourth-order valence-corrected chi connectivity index (χ4v) is 3.94. The molecular formula is C23H25FN4O3. The van der Waals surface area contributed by atoms with E-state index in [2.05, 4.69) is 19.9 Å². The van der Waals surface area contributed by atoms with E-state index in [1.54, 1.807) is 18.2 Å². The van der Waals surface area contributed by atoms with Crippen molar-refractivity contribution in [2.24, 2.45) is 15.9 Å². The van der Waals surface area contributed by atoms with Crippen LogP contribution in [0.3, 0.4) is 0 Å². The zero-order valence-corrected chi connectivity index (χ0v) is 17.3. The molecule has 1 aliphatic carbocycles. The van der Waals surface area contributed by atoms with Gasteiger partial charge in [-0.2, -0.15) is 0 Å².